The lowest BCUT2D eigenvalue weighted by Gasteiger charge is -2.34. The zero-order chi connectivity index (χ0) is 19.1. The number of aryl methyl sites for hydroxylation is 2. The van der Waals surface area contributed by atoms with Crippen LogP contribution in [0.25, 0.3) is 0 Å². The van der Waals surface area contributed by atoms with Crippen LogP contribution in [0.4, 0.5) is 0 Å². The molecule has 0 N–H and O–H groups in total. The molecule has 2 aromatic carbocycles. The Labute approximate surface area is 155 Å². The normalized spacial score (nSPS) is 17.7. The van der Waals surface area contributed by atoms with Gasteiger partial charge in [0.25, 0.3) is 0 Å². The van der Waals surface area contributed by atoms with Gasteiger partial charge in [-0.05, 0) is 73.7 Å². The van der Waals surface area contributed by atoms with E-state index >= 15 is 0 Å². The molecule has 1 aliphatic heterocycles. The van der Waals surface area contributed by atoms with Gasteiger partial charge < -0.3 is 9.47 Å². The molecule has 0 saturated carbocycles. The minimum absolute atomic E-state index is 0.273. The van der Waals surface area contributed by atoms with Crippen molar-refractivity contribution in [3.8, 4) is 11.5 Å². The smallest absolute Gasteiger partial charge is 0.243 e. The molecule has 0 radical (unpaired) electrons. The molecule has 0 unspecified atom stereocenters. The standard InChI is InChI=1S/C20H25NO4S/c1-13-6-7-17(10-14(13)2)26(22,23)21-9-8-16-11-19(24-4)20(25-5)12-18(16)15(21)3/h6-7,10-12,15H,8-9H2,1-5H3/t15-/m0/s1. The Hall–Kier alpha value is -2.05. The highest BCUT2D eigenvalue weighted by Gasteiger charge is 2.34. The van der Waals surface area contributed by atoms with Crippen molar-refractivity contribution in [2.75, 3.05) is 20.8 Å². The largest absolute Gasteiger partial charge is 0.493 e. The highest BCUT2D eigenvalue weighted by molar-refractivity contribution is 7.89. The van der Waals surface area contributed by atoms with E-state index in [2.05, 4.69) is 0 Å². The lowest BCUT2D eigenvalue weighted by Crippen LogP contribution is -2.38. The maximum Gasteiger partial charge on any atom is 0.243 e. The van der Waals surface area contributed by atoms with E-state index in [0.29, 0.717) is 29.4 Å². The van der Waals surface area contributed by atoms with Gasteiger partial charge >= 0.3 is 0 Å². The molecule has 0 bridgehead atoms. The van der Waals surface area contributed by atoms with Gasteiger partial charge in [-0.3, -0.25) is 0 Å². The van der Waals surface area contributed by atoms with Crippen LogP contribution in [0.5, 0.6) is 11.5 Å². The van der Waals surface area contributed by atoms with Crippen molar-refractivity contribution in [3.63, 3.8) is 0 Å². The molecular formula is C20H25NO4S. The van der Waals surface area contributed by atoms with Gasteiger partial charge in [-0.25, -0.2) is 8.42 Å². The Morgan fingerprint density at radius 3 is 2.27 bits per heavy atom. The quantitative estimate of drug-likeness (QED) is 0.819. The van der Waals surface area contributed by atoms with Gasteiger partial charge in [0.15, 0.2) is 11.5 Å². The van der Waals surface area contributed by atoms with Crippen molar-refractivity contribution in [2.24, 2.45) is 0 Å². The van der Waals surface area contributed by atoms with Crippen LogP contribution in [-0.4, -0.2) is 33.5 Å². The number of hydrogen-bond donors (Lipinski definition) is 0. The maximum absolute atomic E-state index is 13.2. The van der Waals surface area contributed by atoms with Crippen LogP contribution in [0.2, 0.25) is 0 Å². The fourth-order valence-electron chi connectivity index (χ4n) is 3.46. The summed E-state index contributed by atoms with van der Waals surface area (Å²) in [7, 11) is -0.378. The maximum atomic E-state index is 13.2. The van der Waals surface area contributed by atoms with Gasteiger partial charge in [0.05, 0.1) is 19.1 Å². The van der Waals surface area contributed by atoms with Crippen molar-refractivity contribution in [1.82, 2.24) is 4.31 Å². The minimum Gasteiger partial charge on any atom is -0.493 e. The highest BCUT2D eigenvalue weighted by Crippen LogP contribution is 2.39. The first-order valence-electron chi connectivity index (χ1n) is 8.63. The van der Waals surface area contributed by atoms with Crippen molar-refractivity contribution >= 4 is 10.0 Å². The molecule has 0 amide bonds. The Balaban J connectivity index is 2.02. The van der Waals surface area contributed by atoms with Crippen molar-refractivity contribution in [3.05, 3.63) is 52.6 Å². The van der Waals surface area contributed by atoms with Crippen LogP contribution in [0.3, 0.4) is 0 Å². The average Bonchev–Trinajstić information content (AvgIpc) is 2.62. The van der Waals surface area contributed by atoms with Crippen molar-refractivity contribution < 1.29 is 17.9 Å². The molecule has 6 heteroatoms. The lowest BCUT2D eigenvalue weighted by atomic mass is 9.94. The lowest BCUT2D eigenvalue weighted by molar-refractivity contribution is 0.319. The monoisotopic (exact) mass is 375 g/mol. The number of rotatable bonds is 4. The van der Waals surface area contributed by atoms with Crippen LogP contribution in [-0.2, 0) is 16.4 Å². The fourth-order valence-corrected chi connectivity index (χ4v) is 5.16. The molecule has 0 aromatic heterocycles. The second kappa shape index (κ2) is 6.93. The SMILES string of the molecule is COc1cc2c(cc1OC)[C@H](C)N(S(=O)(=O)c1ccc(C)c(C)c1)CC2. The summed E-state index contributed by atoms with van der Waals surface area (Å²) in [6.07, 6.45) is 0.643. The second-order valence-corrected chi connectivity index (χ2v) is 8.58. The first-order chi connectivity index (χ1) is 12.3. The van der Waals surface area contributed by atoms with Gasteiger partial charge in [0, 0.05) is 12.6 Å². The molecular weight excluding hydrogens is 350 g/mol. The van der Waals surface area contributed by atoms with E-state index in [1.165, 1.54) is 0 Å². The van der Waals surface area contributed by atoms with Crippen molar-refractivity contribution in [1.29, 1.82) is 0 Å². The summed E-state index contributed by atoms with van der Waals surface area (Å²) in [6.45, 7) is 6.27. The number of hydrogen-bond acceptors (Lipinski definition) is 4. The summed E-state index contributed by atoms with van der Waals surface area (Å²) in [4.78, 5) is 0.344. The molecule has 0 fully saturated rings. The topological polar surface area (TPSA) is 55.8 Å². The van der Waals surface area contributed by atoms with E-state index in [9.17, 15) is 8.42 Å². The van der Waals surface area contributed by atoms with E-state index in [-0.39, 0.29) is 6.04 Å². The fraction of sp³-hybridized carbons (Fsp3) is 0.400. The van der Waals surface area contributed by atoms with Gasteiger partial charge in [-0.1, -0.05) is 6.07 Å². The average molecular weight is 375 g/mol. The van der Waals surface area contributed by atoms with E-state index in [1.807, 2.05) is 39.0 Å². The molecule has 2 aromatic rings. The van der Waals surface area contributed by atoms with Crippen LogP contribution >= 0.6 is 0 Å². The number of sulfonamides is 1. The third-order valence-electron chi connectivity index (χ3n) is 5.21. The molecule has 3 rings (SSSR count). The summed E-state index contributed by atoms with van der Waals surface area (Å²) in [5, 5.41) is 0. The predicted molar refractivity (Wildman–Crippen MR) is 101 cm³/mol. The van der Waals surface area contributed by atoms with Crippen LogP contribution in [0, 0.1) is 13.8 Å². The molecule has 1 heterocycles. The molecule has 0 saturated heterocycles. The third-order valence-corrected chi connectivity index (χ3v) is 7.18. The Morgan fingerprint density at radius 1 is 1.00 bits per heavy atom. The highest BCUT2D eigenvalue weighted by atomic mass is 32.2. The number of benzene rings is 2. The molecule has 0 aliphatic carbocycles. The third kappa shape index (κ3) is 3.08. The Bertz CT molecular complexity index is 937. The summed E-state index contributed by atoms with van der Waals surface area (Å²) >= 11 is 0. The van der Waals surface area contributed by atoms with Crippen LogP contribution in [0.15, 0.2) is 35.2 Å². The molecule has 5 nitrogen and oxygen atoms in total. The summed E-state index contributed by atoms with van der Waals surface area (Å²) in [5.74, 6) is 1.28. The Kier molecular flexibility index (Phi) is 4.99. The van der Waals surface area contributed by atoms with Gasteiger partial charge in [-0.2, -0.15) is 4.31 Å². The minimum atomic E-state index is -3.57. The molecule has 0 spiro atoms. The Morgan fingerprint density at radius 2 is 1.65 bits per heavy atom. The molecule has 26 heavy (non-hydrogen) atoms. The number of methoxy groups -OCH3 is 2. The molecule has 140 valence electrons. The first-order valence-corrected chi connectivity index (χ1v) is 10.1. The summed E-state index contributed by atoms with van der Waals surface area (Å²) in [6, 6.07) is 8.87. The zero-order valence-corrected chi connectivity index (χ0v) is 16.7. The van der Waals surface area contributed by atoms with Crippen LogP contribution < -0.4 is 9.47 Å². The second-order valence-electron chi connectivity index (χ2n) is 6.69. The number of ether oxygens (including phenoxy) is 2. The van der Waals surface area contributed by atoms with E-state index in [1.54, 1.807) is 30.7 Å². The molecule has 1 aliphatic rings. The molecule has 1 atom stereocenters. The number of fused-ring (bicyclic) bond motifs is 1. The first kappa shape index (κ1) is 18.7. The van der Waals surface area contributed by atoms with Crippen LogP contribution in [0.1, 0.15) is 35.2 Å². The summed E-state index contributed by atoms with van der Waals surface area (Å²) < 4.78 is 38.8. The van der Waals surface area contributed by atoms with Gasteiger partial charge in [0.1, 0.15) is 0 Å². The van der Waals surface area contributed by atoms with E-state index in [0.717, 1.165) is 22.3 Å². The zero-order valence-electron chi connectivity index (χ0n) is 15.9. The van der Waals surface area contributed by atoms with Gasteiger partial charge in [-0.15, -0.1) is 0 Å². The predicted octanol–water partition coefficient (Wildman–Crippen LogP) is 3.63. The van der Waals surface area contributed by atoms with Gasteiger partial charge in [0.2, 0.25) is 10.0 Å². The van der Waals surface area contributed by atoms with E-state index < -0.39 is 10.0 Å². The van der Waals surface area contributed by atoms with E-state index in [4.69, 9.17) is 9.47 Å². The summed E-state index contributed by atoms with van der Waals surface area (Å²) in [5.41, 5.74) is 4.11. The number of nitrogens with zero attached hydrogens (tertiary/aromatic N) is 1. The van der Waals surface area contributed by atoms with Crippen molar-refractivity contribution in [2.45, 2.75) is 38.1 Å².